The molecule has 2 rings (SSSR count). The van der Waals surface area contributed by atoms with Gasteiger partial charge in [0, 0.05) is 19.6 Å². The Morgan fingerprint density at radius 1 is 0.950 bits per heavy atom. The van der Waals surface area contributed by atoms with E-state index in [1.165, 1.54) is 33.4 Å². The Morgan fingerprint density at radius 2 is 1.50 bits per heavy atom. The van der Waals surface area contributed by atoms with E-state index in [0.29, 0.717) is 6.10 Å². The summed E-state index contributed by atoms with van der Waals surface area (Å²) in [5.74, 6) is 0. The molecule has 112 valence electrons. The molecule has 0 aromatic heterocycles. The van der Waals surface area contributed by atoms with E-state index in [-0.39, 0.29) is 0 Å². The van der Waals surface area contributed by atoms with E-state index in [9.17, 15) is 0 Å². The normalized spacial score (nSPS) is 20.4. The van der Waals surface area contributed by atoms with Crippen LogP contribution < -0.4 is 0 Å². The van der Waals surface area contributed by atoms with Crippen molar-refractivity contribution in [3.63, 3.8) is 0 Å². The van der Waals surface area contributed by atoms with Crippen LogP contribution in [0.25, 0.3) is 0 Å². The Bertz CT molecular complexity index is 464. The molecular formula is C18H29NO. The second-order valence-electron chi connectivity index (χ2n) is 6.24. The molecular weight excluding hydrogens is 246 g/mol. The number of morpholine rings is 1. The van der Waals surface area contributed by atoms with E-state index in [2.05, 4.69) is 46.4 Å². The van der Waals surface area contributed by atoms with Gasteiger partial charge in [0.1, 0.15) is 0 Å². The van der Waals surface area contributed by atoms with Gasteiger partial charge in [0.25, 0.3) is 0 Å². The summed E-state index contributed by atoms with van der Waals surface area (Å²) in [5.41, 5.74) is 8.86. The molecule has 0 spiro atoms. The molecule has 20 heavy (non-hydrogen) atoms. The predicted octanol–water partition coefficient (Wildman–Crippen LogP) is 3.84. The lowest BCUT2D eigenvalue weighted by Gasteiger charge is -2.33. The van der Waals surface area contributed by atoms with Gasteiger partial charge in [-0.1, -0.05) is 6.92 Å². The van der Waals surface area contributed by atoms with Crippen molar-refractivity contribution in [3.8, 4) is 0 Å². The lowest BCUT2D eigenvalue weighted by Crippen LogP contribution is -2.41. The van der Waals surface area contributed by atoms with Crippen LogP contribution in [-0.4, -0.2) is 30.7 Å². The van der Waals surface area contributed by atoms with E-state index in [4.69, 9.17) is 4.74 Å². The molecule has 1 heterocycles. The van der Waals surface area contributed by atoms with E-state index >= 15 is 0 Å². The zero-order chi connectivity index (χ0) is 14.9. The van der Waals surface area contributed by atoms with Crippen molar-refractivity contribution < 1.29 is 4.74 Å². The van der Waals surface area contributed by atoms with Crippen molar-refractivity contribution in [2.45, 2.75) is 60.6 Å². The van der Waals surface area contributed by atoms with Crippen LogP contribution in [0, 0.1) is 34.6 Å². The second kappa shape index (κ2) is 6.28. The van der Waals surface area contributed by atoms with Crippen LogP contribution >= 0.6 is 0 Å². The first-order valence-corrected chi connectivity index (χ1v) is 7.85. The SMILES string of the molecule is CCC1CN(Cc2c(C)c(C)c(C)c(C)c2C)CCO1. The van der Waals surface area contributed by atoms with Crippen LogP contribution in [0.4, 0.5) is 0 Å². The number of benzene rings is 1. The van der Waals surface area contributed by atoms with Crippen LogP contribution in [-0.2, 0) is 11.3 Å². The molecule has 0 bridgehead atoms. The quantitative estimate of drug-likeness (QED) is 0.831. The van der Waals surface area contributed by atoms with Crippen molar-refractivity contribution in [1.82, 2.24) is 4.90 Å². The molecule has 2 heteroatoms. The summed E-state index contributed by atoms with van der Waals surface area (Å²) in [6.07, 6.45) is 1.53. The monoisotopic (exact) mass is 275 g/mol. The lowest BCUT2D eigenvalue weighted by molar-refractivity contribution is -0.0325. The molecule has 1 saturated heterocycles. The van der Waals surface area contributed by atoms with Gasteiger partial charge in [0.2, 0.25) is 0 Å². The van der Waals surface area contributed by atoms with Crippen molar-refractivity contribution in [3.05, 3.63) is 33.4 Å². The Labute approximate surface area is 124 Å². The van der Waals surface area contributed by atoms with E-state index in [1.807, 2.05) is 0 Å². The number of ether oxygens (including phenoxy) is 1. The molecule has 1 atom stereocenters. The van der Waals surface area contributed by atoms with Gasteiger partial charge in [-0.05, 0) is 74.4 Å². The predicted molar refractivity (Wildman–Crippen MR) is 85.4 cm³/mol. The summed E-state index contributed by atoms with van der Waals surface area (Å²) >= 11 is 0. The van der Waals surface area contributed by atoms with Crippen molar-refractivity contribution in [2.75, 3.05) is 19.7 Å². The average Bonchev–Trinajstić information content (AvgIpc) is 2.48. The fourth-order valence-electron chi connectivity index (χ4n) is 3.21. The summed E-state index contributed by atoms with van der Waals surface area (Å²) in [6.45, 7) is 17.6. The largest absolute Gasteiger partial charge is 0.376 e. The Morgan fingerprint density at radius 3 is 2.05 bits per heavy atom. The maximum atomic E-state index is 5.78. The highest BCUT2D eigenvalue weighted by Gasteiger charge is 2.21. The topological polar surface area (TPSA) is 12.5 Å². The first-order chi connectivity index (χ1) is 9.45. The highest BCUT2D eigenvalue weighted by molar-refractivity contribution is 5.49. The molecule has 1 aromatic rings. The first kappa shape index (κ1) is 15.5. The van der Waals surface area contributed by atoms with Gasteiger partial charge < -0.3 is 4.74 Å². The molecule has 0 aliphatic carbocycles. The molecule has 0 saturated carbocycles. The fourth-order valence-corrected chi connectivity index (χ4v) is 3.21. The molecule has 1 aliphatic rings. The smallest absolute Gasteiger partial charge is 0.0700 e. The summed E-state index contributed by atoms with van der Waals surface area (Å²) in [7, 11) is 0. The Hall–Kier alpha value is -0.860. The molecule has 0 N–H and O–H groups in total. The van der Waals surface area contributed by atoms with Crippen molar-refractivity contribution >= 4 is 0 Å². The fraction of sp³-hybridized carbons (Fsp3) is 0.667. The van der Waals surface area contributed by atoms with Gasteiger partial charge in [-0.3, -0.25) is 4.90 Å². The van der Waals surface area contributed by atoms with E-state index in [1.54, 1.807) is 0 Å². The van der Waals surface area contributed by atoms with Gasteiger partial charge in [0.05, 0.1) is 12.7 Å². The van der Waals surface area contributed by atoms with Gasteiger partial charge in [-0.2, -0.15) is 0 Å². The molecule has 2 nitrogen and oxygen atoms in total. The highest BCUT2D eigenvalue weighted by Crippen LogP contribution is 2.27. The van der Waals surface area contributed by atoms with Crippen molar-refractivity contribution in [1.29, 1.82) is 0 Å². The van der Waals surface area contributed by atoms with Gasteiger partial charge >= 0.3 is 0 Å². The third-order valence-corrected chi connectivity index (χ3v) is 5.22. The zero-order valence-electron chi connectivity index (χ0n) is 14.0. The van der Waals surface area contributed by atoms with Crippen LogP contribution in [0.2, 0.25) is 0 Å². The zero-order valence-corrected chi connectivity index (χ0v) is 14.0. The van der Waals surface area contributed by atoms with Crippen LogP contribution in [0.15, 0.2) is 0 Å². The molecule has 0 amide bonds. The second-order valence-corrected chi connectivity index (χ2v) is 6.24. The minimum absolute atomic E-state index is 0.414. The van der Waals surface area contributed by atoms with E-state index < -0.39 is 0 Å². The number of nitrogens with zero attached hydrogens (tertiary/aromatic N) is 1. The Balaban J connectivity index is 2.25. The summed E-state index contributed by atoms with van der Waals surface area (Å²) in [4.78, 5) is 2.56. The lowest BCUT2D eigenvalue weighted by atomic mass is 9.89. The maximum absolute atomic E-state index is 5.78. The van der Waals surface area contributed by atoms with E-state index in [0.717, 1.165) is 32.7 Å². The minimum Gasteiger partial charge on any atom is -0.376 e. The molecule has 0 radical (unpaired) electrons. The van der Waals surface area contributed by atoms with Crippen LogP contribution in [0.5, 0.6) is 0 Å². The molecule has 1 aromatic carbocycles. The number of hydrogen-bond acceptors (Lipinski definition) is 2. The van der Waals surface area contributed by atoms with Gasteiger partial charge in [-0.15, -0.1) is 0 Å². The van der Waals surface area contributed by atoms with Gasteiger partial charge in [0.15, 0.2) is 0 Å². The number of rotatable bonds is 3. The van der Waals surface area contributed by atoms with Crippen LogP contribution in [0.3, 0.4) is 0 Å². The standard InChI is InChI=1S/C18H29NO/c1-7-17-10-19(8-9-20-17)11-18-15(5)13(3)12(2)14(4)16(18)6/h17H,7-11H2,1-6H3. The number of hydrogen-bond donors (Lipinski definition) is 0. The third-order valence-electron chi connectivity index (χ3n) is 5.22. The summed E-state index contributed by atoms with van der Waals surface area (Å²) in [6, 6.07) is 0. The molecule has 1 fully saturated rings. The average molecular weight is 275 g/mol. The first-order valence-electron chi connectivity index (χ1n) is 7.85. The van der Waals surface area contributed by atoms with Crippen LogP contribution in [0.1, 0.15) is 46.7 Å². The summed E-state index contributed by atoms with van der Waals surface area (Å²) in [5, 5.41) is 0. The molecule has 1 aliphatic heterocycles. The van der Waals surface area contributed by atoms with Crippen molar-refractivity contribution in [2.24, 2.45) is 0 Å². The highest BCUT2D eigenvalue weighted by atomic mass is 16.5. The third kappa shape index (κ3) is 2.91. The Kier molecular flexibility index (Phi) is 4.87. The maximum Gasteiger partial charge on any atom is 0.0700 e. The van der Waals surface area contributed by atoms with Gasteiger partial charge in [-0.25, -0.2) is 0 Å². The summed E-state index contributed by atoms with van der Waals surface area (Å²) < 4.78 is 5.78. The molecule has 1 unspecified atom stereocenters. The minimum atomic E-state index is 0.414.